The lowest BCUT2D eigenvalue weighted by Gasteiger charge is -2.13. The van der Waals surface area contributed by atoms with Gasteiger partial charge in [-0.3, -0.25) is 0 Å². The Kier molecular flexibility index (Phi) is 7.68. The fraction of sp³-hybridized carbons (Fsp3) is 0.250. The van der Waals surface area contributed by atoms with Crippen molar-refractivity contribution in [1.29, 1.82) is 0 Å². The average molecular weight is 389 g/mol. The number of hydrogen-bond donors (Lipinski definition) is 3. The van der Waals surface area contributed by atoms with Gasteiger partial charge < -0.3 is 20.3 Å². The standard InChI is InChI=1S/C16H18BrNO3.ClH/c1-21-16-6-5-11(7-14(16)17)9-18-10-15(20)12-3-2-4-13(19)8-12;/h2-8,15,18-20H,9-10H2,1H3;1H. The van der Waals surface area contributed by atoms with Crippen LogP contribution in [0.1, 0.15) is 17.2 Å². The first-order chi connectivity index (χ1) is 10.1. The highest BCUT2D eigenvalue weighted by Crippen LogP contribution is 2.25. The van der Waals surface area contributed by atoms with Crippen LogP contribution in [0.2, 0.25) is 0 Å². The van der Waals surface area contributed by atoms with E-state index in [1.54, 1.807) is 31.4 Å². The maximum Gasteiger partial charge on any atom is 0.133 e. The van der Waals surface area contributed by atoms with Gasteiger partial charge in [0, 0.05) is 13.1 Å². The zero-order valence-corrected chi connectivity index (χ0v) is 14.5. The van der Waals surface area contributed by atoms with Crippen molar-refractivity contribution < 1.29 is 14.9 Å². The summed E-state index contributed by atoms with van der Waals surface area (Å²) in [6, 6.07) is 12.5. The number of benzene rings is 2. The minimum atomic E-state index is -0.654. The number of phenolic OH excluding ortho intramolecular Hbond substituents is 1. The first-order valence-electron chi connectivity index (χ1n) is 6.60. The molecule has 0 saturated heterocycles. The SMILES string of the molecule is COc1ccc(CNCC(O)c2cccc(O)c2)cc1Br.Cl. The van der Waals surface area contributed by atoms with Crippen molar-refractivity contribution in [2.24, 2.45) is 0 Å². The number of aromatic hydroxyl groups is 1. The highest BCUT2D eigenvalue weighted by molar-refractivity contribution is 9.10. The lowest BCUT2D eigenvalue weighted by Crippen LogP contribution is -2.21. The third-order valence-corrected chi connectivity index (χ3v) is 3.76. The van der Waals surface area contributed by atoms with Gasteiger partial charge in [0.1, 0.15) is 11.5 Å². The summed E-state index contributed by atoms with van der Waals surface area (Å²) in [5, 5.41) is 22.6. The van der Waals surface area contributed by atoms with Crippen LogP contribution in [0.3, 0.4) is 0 Å². The molecule has 2 rings (SSSR count). The van der Waals surface area contributed by atoms with Crippen molar-refractivity contribution >= 4 is 28.3 Å². The van der Waals surface area contributed by atoms with Gasteiger partial charge in [-0.25, -0.2) is 0 Å². The summed E-state index contributed by atoms with van der Waals surface area (Å²) >= 11 is 3.44. The summed E-state index contributed by atoms with van der Waals surface area (Å²) in [4.78, 5) is 0. The summed E-state index contributed by atoms with van der Waals surface area (Å²) in [5.74, 6) is 0.948. The van der Waals surface area contributed by atoms with Crippen molar-refractivity contribution in [2.75, 3.05) is 13.7 Å². The van der Waals surface area contributed by atoms with Crippen LogP contribution in [0.15, 0.2) is 46.9 Å². The van der Waals surface area contributed by atoms with Gasteiger partial charge in [0.2, 0.25) is 0 Å². The van der Waals surface area contributed by atoms with E-state index in [0.717, 1.165) is 15.8 Å². The van der Waals surface area contributed by atoms with Crippen LogP contribution in [-0.4, -0.2) is 23.9 Å². The molecule has 3 N–H and O–H groups in total. The molecule has 0 radical (unpaired) electrons. The molecule has 0 aliphatic carbocycles. The molecule has 120 valence electrons. The Morgan fingerprint density at radius 1 is 1.23 bits per heavy atom. The van der Waals surface area contributed by atoms with Crippen molar-refractivity contribution in [3.63, 3.8) is 0 Å². The second kappa shape index (κ2) is 9.00. The minimum Gasteiger partial charge on any atom is -0.508 e. The number of hydrogen-bond acceptors (Lipinski definition) is 4. The molecule has 1 atom stereocenters. The quantitative estimate of drug-likeness (QED) is 0.710. The molecular formula is C16H19BrClNO3. The predicted molar refractivity (Wildman–Crippen MR) is 92.7 cm³/mol. The predicted octanol–water partition coefficient (Wildman–Crippen LogP) is 3.41. The number of aliphatic hydroxyl groups is 1. The van der Waals surface area contributed by atoms with Gasteiger partial charge in [-0.15, -0.1) is 12.4 Å². The van der Waals surface area contributed by atoms with Crippen molar-refractivity contribution in [1.82, 2.24) is 5.32 Å². The van der Waals surface area contributed by atoms with E-state index < -0.39 is 6.10 Å². The second-order valence-corrected chi connectivity index (χ2v) is 5.56. The molecule has 0 aliphatic rings. The van der Waals surface area contributed by atoms with Gasteiger partial charge in [0.25, 0.3) is 0 Å². The highest BCUT2D eigenvalue weighted by Gasteiger charge is 2.08. The molecule has 2 aromatic rings. The summed E-state index contributed by atoms with van der Waals surface area (Å²) in [5.41, 5.74) is 1.78. The second-order valence-electron chi connectivity index (χ2n) is 4.71. The van der Waals surface area contributed by atoms with Crippen LogP contribution in [0.25, 0.3) is 0 Å². The number of rotatable bonds is 6. The molecule has 0 bridgehead atoms. The first-order valence-corrected chi connectivity index (χ1v) is 7.39. The fourth-order valence-electron chi connectivity index (χ4n) is 2.02. The summed E-state index contributed by atoms with van der Waals surface area (Å²) in [6.07, 6.45) is -0.654. The van der Waals surface area contributed by atoms with Gasteiger partial charge in [-0.05, 0) is 51.3 Å². The molecule has 0 aromatic heterocycles. The number of nitrogens with one attached hydrogen (secondary N) is 1. The van der Waals surface area contributed by atoms with E-state index in [1.807, 2.05) is 18.2 Å². The van der Waals surface area contributed by atoms with Crippen LogP contribution >= 0.6 is 28.3 Å². The molecule has 0 fully saturated rings. The van der Waals surface area contributed by atoms with Crippen LogP contribution in [0.5, 0.6) is 11.5 Å². The average Bonchev–Trinajstić information content (AvgIpc) is 2.47. The number of methoxy groups -OCH3 is 1. The summed E-state index contributed by atoms with van der Waals surface area (Å²) in [6.45, 7) is 1.05. The molecule has 0 amide bonds. The van der Waals surface area contributed by atoms with E-state index in [1.165, 1.54) is 0 Å². The lowest BCUT2D eigenvalue weighted by atomic mass is 10.1. The molecule has 0 spiro atoms. The Bertz CT molecular complexity index is 610. The molecule has 2 aromatic carbocycles. The van der Waals surface area contributed by atoms with E-state index in [4.69, 9.17) is 4.74 Å². The number of ether oxygens (including phenoxy) is 1. The fourth-order valence-corrected chi connectivity index (χ4v) is 2.61. The largest absolute Gasteiger partial charge is 0.508 e. The Labute approximate surface area is 144 Å². The van der Waals surface area contributed by atoms with Gasteiger partial charge in [0.15, 0.2) is 0 Å². The monoisotopic (exact) mass is 387 g/mol. The van der Waals surface area contributed by atoms with Crippen LogP contribution in [0.4, 0.5) is 0 Å². The smallest absolute Gasteiger partial charge is 0.133 e. The first kappa shape index (κ1) is 18.8. The Morgan fingerprint density at radius 3 is 2.64 bits per heavy atom. The number of aliphatic hydroxyl groups excluding tert-OH is 1. The normalized spacial score (nSPS) is 11.6. The maximum absolute atomic E-state index is 10.1. The summed E-state index contributed by atoms with van der Waals surface area (Å²) in [7, 11) is 1.63. The Morgan fingerprint density at radius 2 is 2.00 bits per heavy atom. The molecule has 1 unspecified atom stereocenters. The minimum absolute atomic E-state index is 0. The Hall–Kier alpha value is -1.27. The third kappa shape index (κ3) is 5.18. The summed E-state index contributed by atoms with van der Waals surface area (Å²) < 4.78 is 6.08. The van der Waals surface area contributed by atoms with Crippen molar-refractivity contribution in [2.45, 2.75) is 12.6 Å². The van der Waals surface area contributed by atoms with Crippen molar-refractivity contribution in [3.05, 3.63) is 58.1 Å². The third-order valence-electron chi connectivity index (χ3n) is 3.14. The van der Waals surface area contributed by atoms with Crippen LogP contribution < -0.4 is 10.1 Å². The molecule has 22 heavy (non-hydrogen) atoms. The van der Waals surface area contributed by atoms with Gasteiger partial charge in [-0.2, -0.15) is 0 Å². The number of halogens is 2. The molecular weight excluding hydrogens is 370 g/mol. The molecule has 0 saturated carbocycles. The molecule has 6 heteroatoms. The van der Waals surface area contributed by atoms with E-state index in [2.05, 4.69) is 21.2 Å². The zero-order chi connectivity index (χ0) is 15.2. The van der Waals surface area contributed by atoms with Crippen LogP contribution in [-0.2, 0) is 6.54 Å². The Balaban J connectivity index is 0.00000242. The highest BCUT2D eigenvalue weighted by atomic mass is 79.9. The van der Waals surface area contributed by atoms with Gasteiger partial charge in [0.05, 0.1) is 17.7 Å². The van der Waals surface area contributed by atoms with E-state index in [0.29, 0.717) is 18.7 Å². The lowest BCUT2D eigenvalue weighted by molar-refractivity contribution is 0.174. The van der Waals surface area contributed by atoms with E-state index in [9.17, 15) is 10.2 Å². The molecule has 0 aliphatic heterocycles. The van der Waals surface area contributed by atoms with E-state index >= 15 is 0 Å². The van der Waals surface area contributed by atoms with Crippen molar-refractivity contribution in [3.8, 4) is 11.5 Å². The molecule has 0 heterocycles. The molecule has 4 nitrogen and oxygen atoms in total. The topological polar surface area (TPSA) is 61.7 Å². The zero-order valence-electron chi connectivity index (χ0n) is 12.1. The van der Waals surface area contributed by atoms with Crippen LogP contribution in [0, 0.1) is 0 Å². The van der Waals surface area contributed by atoms with Gasteiger partial charge in [-0.1, -0.05) is 18.2 Å². The maximum atomic E-state index is 10.1. The van der Waals surface area contributed by atoms with Gasteiger partial charge >= 0.3 is 0 Å². The van der Waals surface area contributed by atoms with E-state index in [-0.39, 0.29) is 18.2 Å². The number of phenols is 1.